The minimum Gasteiger partial charge on any atom is -0.492 e. The highest BCUT2D eigenvalue weighted by molar-refractivity contribution is 14.0. The number of hydrogen-bond acceptors (Lipinski definition) is 4. The number of ether oxygens (including phenoxy) is 1. The third-order valence-electron chi connectivity index (χ3n) is 5.02. The maximum Gasteiger partial charge on any atom is 0.193 e. The summed E-state index contributed by atoms with van der Waals surface area (Å²) >= 11 is 0. The summed E-state index contributed by atoms with van der Waals surface area (Å²) in [7, 11) is 6.45. The van der Waals surface area contributed by atoms with E-state index in [9.17, 15) is 0 Å². The fourth-order valence-corrected chi connectivity index (χ4v) is 3.38. The monoisotopic (exact) mass is 503 g/mol. The van der Waals surface area contributed by atoms with Gasteiger partial charge in [-0.15, -0.1) is 24.0 Å². The highest BCUT2D eigenvalue weighted by Gasteiger charge is 2.22. The molecule has 6 nitrogen and oxygen atoms in total. The fraction of sp³-hybridized carbons (Fsp3) is 0.667. The van der Waals surface area contributed by atoms with Crippen LogP contribution in [0.15, 0.2) is 23.2 Å². The van der Waals surface area contributed by atoms with Crippen molar-refractivity contribution < 1.29 is 4.74 Å². The van der Waals surface area contributed by atoms with Gasteiger partial charge in [-0.1, -0.05) is 6.07 Å². The molecule has 0 radical (unpaired) electrons. The van der Waals surface area contributed by atoms with Crippen LogP contribution in [0.5, 0.6) is 5.75 Å². The zero-order valence-corrected chi connectivity index (χ0v) is 20.7. The number of nitrogens with zero attached hydrogens (tertiary/aromatic N) is 4. The number of aryl methyl sites for hydroxylation is 2. The van der Waals surface area contributed by atoms with E-state index in [1.165, 1.54) is 11.1 Å². The molecule has 1 saturated heterocycles. The molecule has 0 amide bonds. The van der Waals surface area contributed by atoms with Crippen molar-refractivity contribution in [3.63, 3.8) is 0 Å². The Morgan fingerprint density at radius 1 is 1.21 bits per heavy atom. The van der Waals surface area contributed by atoms with Crippen LogP contribution < -0.4 is 10.1 Å². The second-order valence-corrected chi connectivity index (χ2v) is 7.68. The van der Waals surface area contributed by atoms with Gasteiger partial charge in [-0.05, 0) is 58.1 Å². The van der Waals surface area contributed by atoms with Crippen LogP contribution in [0, 0.1) is 13.8 Å². The van der Waals surface area contributed by atoms with Crippen LogP contribution in [-0.2, 0) is 0 Å². The lowest BCUT2D eigenvalue weighted by atomic mass is 10.1. The Labute approximate surface area is 188 Å². The van der Waals surface area contributed by atoms with Crippen LogP contribution in [0.2, 0.25) is 0 Å². The third kappa shape index (κ3) is 8.13. The van der Waals surface area contributed by atoms with Crippen molar-refractivity contribution in [1.82, 2.24) is 20.0 Å². The van der Waals surface area contributed by atoms with Crippen LogP contribution >= 0.6 is 24.0 Å². The molecule has 0 spiro atoms. The van der Waals surface area contributed by atoms with Gasteiger partial charge in [0.25, 0.3) is 0 Å². The lowest BCUT2D eigenvalue weighted by Gasteiger charge is -2.37. The Hall–Kier alpha value is -1.06. The molecule has 28 heavy (non-hydrogen) atoms. The van der Waals surface area contributed by atoms with Gasteiger partial charge < -0.3 is 19.9 Å². The molecule has 0 aliphatic carbocycles. The maximum atomic E-state index is 5.95. The normalized spacial score (nSPS) is 18.5. The Morgan fingerprint density at radius 3 is 2.54 bits per heavy atom. The van der Waals surface area contributed by atoms with Gasteiger partial charge in [0.05, 0.1) is 13.1 Å². The van der Waals surface area contributed by atoms with Crippen LogP contribution in [0.3, 0.4) is 0 Å². The molecular formula is C21H38IN5O. The van der Waals surface area contributed by atoms with Crippen molar-refractivity contribution >= 4 is 29.9 Å². The minimum atomic E-state index is 0. The van der Waals surface area contributed by atoms with E-state index in [0.29, 0.717) is 12.6 Å². The Balaban J connectivity index is 0.00000392. The molecule has 0 saturated carbocycles. The van der Waals surface area contributed by atoms with E-state index in [2.05, 4.69) is 80.1 Å². The van der Waals surface area contributed by atoms with Crippen molar-refractivity contribution in [1.29, 1.82) is 0 Å². The van der Waals surface area contributed by atoms with Gasteiger partial charge in [-0.25, -0.2) is 0 Å². The number of nitrogens with one attached hydrogen (secondary N) is 1. The molecule has 7 heteroatoms. The average molecular weight is 503 g/mol. The Bertz CT molecular complexity index is 605. The quantitative estimate of drug-likeness (QED) is 0.352. The van der Waals surface area contributed by atoms with E-state index in [1.54, 1.807) is 0 Å². The summed E-state index contributed by atoms with van der Waals surface area (Å²) in [6.45, 7) is 12.7. The molecule has 1 aromatic rings. The molecule has 0 aromatic heterocycles. The van der Waals surface area contributed by atoms with E-state index in [-0.39, 0.29) is 24.0 Å². The van der Waals surface area contributed by atoms with E-state index in [4.69, 9.17) is 9.73 Å². The maximum absolute atomic E-state index is 5.95. The average Bonchev–Trinajstić information content (AvgIpc) is 2.60. The van der Waals surface area contributed by atoms with Crippen LogP contribution in [-0.4, -0.2) is 93.7 Å². The highest BCUT2D eigenvalue weighted by atomic mass is 127. The zero-order chi connectivity index (χ0) is 19.8. The smallest absolute Gasteiger partial charge is 0.193 e. The SMILES string of the molecule is CCNC(=NCC1CN(C)CCN1C)N(C)CCOc1cc(C)cc(C)c1.I. The number of aliphatic imine (C=N–C) groups is 1. The first-order valence-electron chi connectivity index (χ1n) is 9.98. The summed E-state index contributed by atoms with van der Waals surface area (Å²) in [5.74, 6) is 1.89. The number of halogens is 1. The number of rotatable bonds is 7. The van der Waals surface area contributed by atoms with Crippen molar-refractivity contribution in [3.8, 4) is 5.75 Å². The van der Waals surface area contributed by atoms with Gasteiger partial charge in [0.1, 0.15) is 12.4 Å². The molecule has 1 aliphatic heterocycles. The minimum absolute atomic E-state index is 0. The van der Waals surface area contributed by atoms with Gasteiger partial charge in [-0.2, -0.15) is 0 Å². The number of hydrogen-bond donors (Lipinski definition) is 1. The van der Waals surface area contributed by atoms with Crippen molar-refractivity contribution in [2.45, 2.75) is 26.8 Å². The van der Waals surface area contributed by atoms with E-state index >= 15 is 0 Å². The standard InChI is InChI=1S/C21H37N5O.HI/c1-7-22-21(23-15-19-16-24(4)8-9-25(19)5)26(6)10-11-27-20-13-17(2)12-18(3)14-20;/h12-14,19H,7-11,15-16H2,1-6H3,(H,22,23);1H. The molecule has 1 fully saturated rings. The van der Waals surface area contributed by atoms with Crippen LogP contribution in [0.25, 0.3) is 0 Å². The molecular weight excluding hydrogens is 465 g/mol. The van der Waals surface area contributed by atoms with Crippen molar-refractivity contribution in [2.75, 3.05) is 67.0 Å². The molecule has 1 atom stereocenters. The second-order valence-electron chi connectivity index (χ2n) is 7.68. The molecule has 1 aliphatic rings. The van der Waals surface area contributed by atoms with Crippen molar-refractivity contribution in [2.24, 2.45) is 4.99 Å². The molecule has 1 heterocycles. The number of piperazine rings is 1. The first kappa shape index (κ1) is 25.0. The van der Waals surface area contributed by atoms with Gasteiger partial charge in [0.2, 0.25) is 0 Å². The summed E-state index contributed by atoms with van der Waals surface area (Å²) in [6.07, 6.45) is 0. The first-order chi connectivity index (χ1) is 12.9. The number of likely N-dealkylation sites (N-methyl/N-ethyl adjacent to an activating group) is 3. The largest absolute Gasteiger partial charge is 0.492 e. The Kier molecular flexibility index (Phi) is 11.1. The number of guanidine groups is 1. The van der Waals surface area contributed by atoms with Gasteiger partial charge in [-0.3, -0.25) is 9.89 Å². The number of benzene rings is 1. The molecule has 160 valence electrons. The molecule has 2 rings (SSSR count). The van der Waals surface area contributed by atoms with Gasteiger partial charge in [0, 0.05) is 39.3 Å². The second kappa shape index (κ2) is 12.5. The molecule has 1 N–H and O–H groups in total. The molecule has 0 bridgehead atoms. The summed E-state index contributed by atoms with van der Waals surface area (Å²) in [4.78, 5) is 11.8. The van der Waals surface area contributed by atoms with Crippen LogP contribution in [0.4, 0.5) is 0 Å². The summed E-state index contributed by atoms with van der Waals surface area (Å²) in [5, 5.41) is 3.40. The molecule has 1 aromatic carbocycles. The molecule has 1 unspecified atom stereocenters. The van der Waals surface area contributed by atoms with Crippen molar-refractivity contribution in [3.05, 3.63) is 29.3 Å². The van der Waals surface area contributed by atoms with Crippen LogP contribution in [0.1, 0.15) is 18.1 Å². The predicted octanol–water partition coefficient (Wildman–Crippen LogP) is 2.44. The summed E-state index contributed by atoms with van der Waals surface area (Å²) in [5.41, 5.74) is 2.46. The zero-order valence-electron chi connectivity index (χ0n) is 18.4. The first-order valence-corrected chi connectivity index (χ1v) is 9.98. The third-order valence-corrected chi connectivity index (χ3v) is 5.02. The summed E-state index contributed by atoms with van der Waals surface area (Å²) < 4.78 is 5.95. The topological polar surface area (TPSA) is 43.3 Å². The lowest BCUT2D eigenvalue weighted by molar-refractivity contribution is 0.119. The predicted molar refractivity (Wildman–Crippen MR) is 129 cm³/mol. The van der Waals surface area contributed by atoms with Gasteiger partial charge in [0.15, 0.2) is 5.96 Å². The summed E-state index contributed by atoms with van der Waals surface area (Å²) in [6, 6.07) is 6.80. The Morgan fingerprint density at radius 2 is 1.89 bits per heavy atom. The van der Waals surface area contributed by atoms with Gasteiger partial charge >= 0.3 is 0 Å². The van der Waals surface area contributed by atoms with E-state index < -0.39 is 0 Å². The van der Waals surface area contributed by atoms with E-state index in [1.807, 2.05) is 0 Å². The highest BCUT2D eigenvalue weighted by Crippen LogP contribution is 2.16. The lowest BCUT2D eigenvalue weighted by Crippen LogP contribution is -2.51. The van der Waals surface area contributed by atoms with E-state index in [0.717, 1.165) is 51.0 Å². The fourth-order valence-electron chi connectivity index (χ4n) is 3.38.